The number of rotatable bonds is 5. The molecule has 0 aliphatic rings. The monoisotopic (exact) mass is 271 g/mol. The molecular formula is C16H21N3O. The number of methoxy groups -OCH3 is 1. The summed E-state index contributed by atoms with van der Waals surface area (Å²) in [4.78, 5) is 8.68. The highest BCUT2D eigenvalue weighted by Crippen LogP contribution is 2.34. The summed E-state index contributed by atoms with van der Waals surface area (Å²) in [7, 11) is 1.66. The first kappa shape index (κ1) is 14.3. The zero-order valence-electron chi connectivity index (χ0n) is 12.5. The second-order valence-electron chi connectivity index (χ2n) is 4.85. The van der Waals surface area contributed by atoms with E-state index in [2.05, 4.69) is 54.3 Å². The van der Waals surface area contributed by atoms with Gasteiger partial charge in [-0.3, -0.25) is 0 Å². The van der Waals surface area contributed by atoms with E-state index in [-0.39, 0.29) is 0 Å². The van der Waals surface area contributed by atoms with E-state index in [0.717, 1.165) is 30.0 Å². The fraction of sp³-hybridized carbons (Fsp3) is 0.375. The van der Waals surface area contributed by atoms with Crippen molar-refractivity contribution in [1.29, 1.82) is 0 Å². The van der Waals surface area contributed by atoms with Crippen molar-refractivity contribution < 1.29 is 4.74 Å². The van der Waals surface area contributed by atoms with Gasteiger partial charge in [-0.2, -0.15) is 0 Å². The Morgan fingerprint density at radius 1 is 1.20 bits per heavy atom. The summed E-state index contributed by atoms with van der Waals surface area (Å²) in [6.07, 6.45) is 2.61. The number of aromatic nitrogens is 2. The molecule has 0 spiro atoms. The first-order chi connectivity index (χ1) is 9.67. The average Bonchev–Trinajstić information content (AvgIpc) is 2.44. The van der Waals surface area contributed by atoms with E-state index in [1.807, 2.05) is 0 Å². The molecule has 106 valence electrons. The highest BCUT2D eigenvalue weighted by atomic mass is 16.5. The van der Waals surface area contributed by atoms with Crippen LogP contribution in [-0.2, 0) is 0 Å². The van der Waals surface area contributed by atoms with Crippen LogP contribution in [0.1, 0.15) is 24.5 Å². The first-order valence-corrected chi connectivity index (χ1v) is 6.87. The van der Waals surface area contributed by atoms with Gasteiger partial charge in [0, 0.05) is 12.1 Å². The third kappa shape index (κ3) is 2.90. The molecule has 4 heteroatoms. The standard InChI is InChI=1S/C16H21N3O/c1-5-8-17-16-15(20-4)14(18-10-19-16)13-7-6-11(2)9-12(13)3/h6-7,9-10H,5,8H2,1-4H3,(H,17,18,19). The van der Waals surface area contributed by atoms with Gasteiger partial charge >= 0.3 is 0 Å². The summed E-state index contributed by atoms with van der Waals surface area (Å²) >= 11 is 0. The normalized spacial score (nSPS) is 10.4. The highest BCUT2D eigenvalue weighted by molar-refractivity contribution is 5.74. The van der Waals surface area contributed by atoms with Crippen molar-refractivity contribution in [2.24, 2.45) is 0 Å². The van der Waals surface area contributed by atoms with Gasteiger partial charge in [0.2, 0.25) is 0 Å². The van der Waals surface area contributed by atoms with Crippen LogP contribution < -0.4 is 10.1 Å². The third-order valence-corrected chi connectivity index (χ3v) is 3.19. The van der Waals surface area contributed by atoms with Gasteiger partial charge in [-0.1, -0.05) is 30.7 Å². The van der Waals surface area contributed by atoms with E-state index in [1.54, 1.807) is 13.4 Å². The minimum atomic E-state index is 0.702. The van der Waals surface area contributed by atoms with Crippen LogP contribution in [0.5, 0.6) is 5.75 Å². The number of hydrogen-bond acceptors (Lipinski definition) is 4. The summed E-state index contributed by atoms with van der Waals surface area (Å²) in [5.74, 6) is 1.45. The lowest BCUT2D eigenvalue weighted by Crippen LogP contribution is -2.06. The van der Waals surface area contributed by atoms with Crippen molar-refractivity contribution in [3.05, 3.63) is 35.7 Å². The lowest BCUT2D eigenvalue weighted by molar-refractivity contribution is 0.414. The quantitative estimate of drug-likeness (QED) is 0.902. The lowest BCUT2D eigenvalue weighted by atomic mass is 10.0. The SMILES string of the molecule is CCCNc1ncnc(-c2ccc(C)cc2C)c1OC. The molecule has 20 heavy (non-hydrogen) atoms. The summed E-state index contributed by atoms with van der Waals surface area (Å²) in [5.41, 5.74) is 4.33. The van der Waals surface area contributed by atoms with Gasteiger partial charge in [0.05, 0.1) is 7.11 Å². The van der Waals surface area contributed by atoms with Gasteiger partial charge in [0.25, 0.3) is 0 Å². The highest BCUT2D eigenvalue weighted by Gasteiger charge is 2.15. The first-order valence-electron chi connectivity index (χ1n) is 6.87. The molecule has 1 heterocycles. The van der Waals surface area contributed by atoms with Crippen LogP contribution in [-0.4, -0.2) is 23.6 Å². The maximum atomic E-state index is 5.53. The molecule has 1 N–H and O–H groups in total. The predicted octanol–water partition coefficient (Wildman–Crippen LogP) is 3.59. The Kier molecular flexibility index (Phi) is 4.56. The summed E-state index contributed by atoms with van der Waals surface area (Å²) in [6, 6.07) is 6.32. The van der Waals surface area contributed by atoms with Gasteiger partial charge in [-0.05, 0) is 25.8 Å². The fourth-order valence-electron chi connectivity index (χ4n) is 2.21. The van der Waals surface area contributed by atoms with E-state index in [0.29, 0.717) is 5.75 Å². The Morgan fingerprint density at radius 3 is 2.65 bits per heavy atom. The second-order valence-corrected chi connectivity index (χ2v) is 4.85. The molecule has 1 aromatic heterocycles. The van der Waals surface area contributed by atoms with Crippen LogP contribution >= 0.6 is 0 Å². The molecule has 2 aromatic rings. The maximum Gasteiger partial charge on any atom is 0.187 e. The van der Waals surface area contributed by atoms with Crippen molar-refractivity contribution >= 4 is 5.82 Å². The van der Waals surface area contributed by atoms with Gasteiger partial charge in [-0.25, -0.2) is 9.97 Å². The Labute approximate surface area is 120 Å². The minimum Gasteiger partial charge on any atom is -0.491 e. The number of anilines is 1. The van der Waals surface area contributed by atoms with Crippen molar-refractivity contribution in [1.82, 2.24) is 9.97 Å². The average molecular weight is 271 g/mol. The van der Waals surface area contributed by atoms with E-state index in [4.69, 9.17) is 4.74 Å². The van der Waals surface area contributed by atoms with E-state index < -0.39 is 0 Å². The Bertz CT molecular complexity index is 596. The fourth-order valence-corrected chi connectivity index (χ4v) is 2.21. The zero-order chi connectivity index (χ0) is 14.5. The molecule has 0 aliphatic carbocycles. The molecule has 0 radical (unpaired) electrons. The molecule has 0 bridgehead atoms. The number of ether oxygens (including phenoxy) is 1. The smallest absolute Gasteiger partial charge is 0.187 e. The summed E-state index contributed by atoms with van der Waals surface area (Å²) in [6.45, 7) is 7.15. The van der Waals surface area contributed by atoms with Gasteiger partial charge in [0.1, 0.15) is 12.0 Å². The Hall–Kier alpha value is -2.10. The molecule has 0 atom stereocenters. The topological polar surface area (TPSA) is 47.0 Å². The number of aryl methyl sites for hydroxylation is 2. The Morgan fingerprint density at radius 2 is 2.00 bits per heavy atom. The zero-order valence-corrected chi connectivity index (χ0v) is 12.5. The van der Waals surface area contributed by atoms with E-state index in [1.165, 1.54) is 11.1 Å². The van der Waals surface area contributed by atoms with Crippen molar-refractivity contribution in [2.45, 2.75) is 27.2 Å². The van der Waals surface area contributed by atoms with Crippen LogP contribution in [0.2, 0.25) is 0 Å². The number of hydrogen-bond donors (Lipinski definition) is 1. The lowest BCUT2D eigenvalue weighted by Gasteiger charge is -2.14. The summed E-state index contributed by atoms with van der Waals surface area (Å²) in [5, 5.41) is 3.28. The molecule has 0 unspecified atom stereocenters. The molecule has 4 nitrogen and oxygen atoms in total. The molecule has 2 rings (SSSR count). The van der Waals surface area contributed by atoms with Crippen LogP contribution in [0.25, 0.3) is 11.3 Å². The minimum absolute atomic E-state index is 0.702. The van der Waals surface area contributed by atoms with Crippen LogP contribution in [0.15, 0.2) is 24.5 Å². The van der Waals surface area contributed by atoms with Crippen molar-refractivity contribution in [3.63, 3.8) is 0 Å². The molecule has 0 fully saturated rings. The predicted molar refractivity (Wildman–Crippen MR) is 82.3 cm³/mol. The van der Waals surface area contributed by atoms with Crippen LogP contribution in [0.4, 0.5) is 5.82 Å². The van der Waals surface area contributed by atoms with Gasteiger partial charge < -0.3 is 10.1 Å². The van der Waals surface area contributed by atoms with E-state index >= 15 is 0 Å². The molecular weight excluding hydrogens is 250 g/mol. The molecule has 1 aromatic carbocycles. The number of benzene rings is 1. The third-order valence-electron chi connectivity index (χ3n) is 3.19. The van der Waals surface area contributed by atoms with Crippen molar-refractivity contribution in [3.8, 4) is 17.0 Å². The van der Waals surface area contributed by atoms with E-state index in [9.17, 15) is 0 Å². The number of nitrogens with one attached hydrogen (secondary N) is 1. The van der Waals surface area contributed by atoms with Crippen LogP contribution in [0.3, 0.4) is 0 Å². The molecule has 0 aliphatic heterocycles. The molecule has 0 saturated carbocycles. The largest absolute Gasteiger partial charge is 0.491 e. The maximum absolute atomic E-state index is 5.53. The van der Waals surface area contributed by atoms with Crippen molar-refractivity contribution in [2.75, 3.05) is 19.0 Å². The van der Waals surface area contributed by atoms with Gasteiger partial charge in [-0.15, -0.1) is 0 Å². The van der Waals surface area contributed by atoms with Crippen LogP contribution in [0, 0.1) is 13.8 Å². The molecule has 0 amide bonds. The number of nitrogens with zero attached hydrogens (tertiary/aromatic N) is 2. The van der Waals surface area contributed by atoms with Gasteiger partial charge in [0.15, 0.2) is 11.6 Å². The Balaban J connectivity index is 2.50. The molecule has 0 saturated heterocycles. The summed E-state index contributed by atoms with van der Waals surface area (Å²) < 4.78 is 5.53. The second kappa shape index (κ2) is 6.37.